The Bertz CT molecular complexity index is 1260. The molecule has 3 aromatic carbocycles. The molecule has 0 bridgehead atoms. The highest BCUT2D eigenvalue weighted by atomic mass is 32.2. The molecule has 7 heteroatoms. The lowest BCUT2D eigenvalue weighted by atomic mass is 9.90. The summed E-state index contributed by atoms with van der Waals surface area (Å²) in [4.78, 5) is 12.5. The highest BCUT2D eigenvalue weighted by Crippen LogP contribution is 2.42. The second-order valence-electron chi connectivity index (χ2n) is 9.32. The number of carboxylic acid groups (broad SMARTS) is 1. The molecule has 4 rings (SSSR count). The van der Waals surface area contributed by atoms with Gasteiger partial charge in [0.25, 0.3) is 0 Å². The summed E-state index contributed by atoms with van der Waals surface area (Å²) < 4.78 is 29.0. The van der Waals surface area contributed by atoms with Crippen LogP contribution >= 0.6 is 11.8 Å². The summed E-state index contributed by atoms with van der Waals surface area (Å²) >= 11 is 1.64. The summed E-state index contributed by atoms with van der Waals surface area (Å²) in [5.74, 6) is -0.946. The van der Waals surface area contributed by atoms with E-state index in [-0.39, 0.29) is 16.7 Å². The number of carboxylic acids is 1. The maximum absolute atomic E-state index is 13.8. The topological polar surface area (TPSA) is 74.7 Å². The van der Waals surface area contributed by atoms with Gasteiger partial charge in [-0.3, -0.25) is 4.79 Å². The third kappa shape index (κ3) is 6.02. The Morgan fingerprint density at radius 2 is 1.64 bits per heavy atom. The molecule has 1 aliphatic rings. The molecule has 1 heterocycles. The maximum Gasteiger partial charge on any atom is 0.308 e. The van der Waals surface area contributed by atoms with Gasteiger partial charge in [0.1, 0.15) is 0 Å². The van der Waals surface area contributed by atoms with Gasteiger partial charge in [-0.1, -0.05) is 79.2 Å². The molecule has 3 aromatic rings. The monoisotopic (exact) mass is 523 g/mol. The molecule has 0 radical (unpaired) electrons. The molecule has 0 aromatic heterocycles. The van der Waals surface area contributed by atoms with Gasteiger partial charge in [-0.2, -0.15) is 16.1 Å². The van der Waals surface area contributed by atoms with Gasteiger partial charge in [0.05, 0.1) is 16.9 Å². The van der Waals surface area contributed by atoms with Crippen molar-refractivity contribution in [3.63, 3.8) is 0 Å². The van der Waals surface area contributed by atoms with E-state index in [0.29, 0.717) is 6.42 Å². The highest BCUT2D eigenvalue weighted by Gasteiger charge is 2.45. The van der Waals surface area contributed by atoms with Crippen LogP contribution in [0.3, 0.4) is 0 Å². The van der Waals surface area contributed by atoms with Crippen LogP contribution in [0.1, 0.15) is 41.6 Å². The third-order valence-corrected chi connectivity index (χ3v) is 10.2. The van der Waals surface area contributed by atoms with Gasteiger partial charge in [0, 0.05) is 11.8 Å². The fraction of sp³-hybridized carbons (Fsp3) is 0.345. The minimum atomic E-state index is -3.88. The molecule has 1 N–H and O–H groups in total. The number of aryl methyl sites for hydroxylation is 3. The molecule has 1 aliphatic heterocycles. The standard InChI is InChI=1S/C29H33NO4S2/c1-3-22-11-13-24(14-12-22)27-19-28(35-18-17-23-7-5-4-6-8-23)26(29(31)32)20-30(27)36(33,34)25-15-9-21(2)10-16-25/h4-16,26-28H,3,17-20H2,1-2H3,(H,31,32)/t26-,27+,28-/m1/s1. The predicted molar refractivity (Wildman–Crippen MR) is 146 cm³/mol. The first-order valence-electron chi connectivity index (χ1n) is 12.3. The van der Waals surface area contributed by atoms with E-state index in [9.17, 15) is 18.3 Å². The molecule has 5 nitrogen and oxygen atoms in total. The number of thioether (sulfide) groups is 1. The van der Waals surface area contributed by atoms with Gasteiger partial charge in [0.2, 0.25) is 10.0 Å². The van der Waals surface area contributed by atoms with Gasteiger partial charge in [-0.25, -0.2) is 8.42 Å². The largest absolute Gasteiger partial charge is 0.481 e. The Morgan fingerprint density at radius 3 is 2.25 bits per heavy atom. The molecule has 0 amide bonds. The van der Waals surface area contributed by atoms with Gasteiger partial charge in [-0.15, -0.1) is 0 Å². The van der Waals surface area contributed by atoms with Crippen LogP contribution < -0.4 is 0 Å². The molecular weight excluding hydrogens is 490 g/mol. The predicted octanol–water partition coefficient (Wildman–Crippen LogP) is 5.74. The first-order valence-corrected chi connectivity index (χ1v) is 14.8. The van der Waals surface area contributed by atoms with Crippen molar-refractivity contribution in [1.29, 1.82) is 0 Å². The van der Waals surface area contributed by atoms with Gasteiger partial charge >= 0.3 is 5.97 Å². The molecule has 0 aliphatic carbocycles. The molecule has 0 spiro atoms. The van der Waals surface area contributed by atoms with Crippen molar-refractivity contribution in [2.24, 2.45) is 5.92 Å². The zero-order valence-electron chi connectivity index (χ0n) is 20.7. The first-order chi connectivity index (χ1) is 17.3. The average Bonchev–Trinajstić information content (AvgIpc) is 2.89. The zero-order chi connectivity index (χ0) is 25.7. The summed E-state index contributed by atoms with van der Waals surface area (Å²) in [5, 5.41) is 9.92. The lowest BCUT2D eigenvalue weighted by Gasteiger charge is -2.42. The molecule has 3 atom stereocenters. The Balaban J connectivity index is 1.65. The number of rotatable bonds is 9. The SMILES string of the molecule is CCc1ccc([C@@H]2C[C@@H](SCCc3ccccc3)[C@H](C(=O)O)CN2S(=O)(=O)c2ccc(C)cc2)cc1. The molecule has 1 saturated heterocycles. The summed E-state index contributed by atoms with van der Waals surface area (Å²) in [6.45, 7) is 3.95. The molecular formula is C29H33NO4S2. The normalized spacial score (nSPS) is 20.8. The number of nitrogens with zero attached hydrogens (tertiary/aromatic N) is 1. The van der Waals surface area contributed by atoms with Crippen LogP contribution in [0, 0.1) is 12.8 Å². The Labute approximate surface area is 218 Å². The van der Waals surface area contributed by atoms with Crippen molar-refractivity contribution >= 4 is 27.8 Å². The Morgan fingerprint density at radius 1 is 0.972 bits per heavy atom. The number of piperidine rings is 1. The van der Waals surface area contributed by atoms with Crippen LogP contribution in [0.4, 0.5) is 0 Å². The van der Waals surface area contributed by atoms with E-state index in [2.05, 4.69) is 19.1 Å². The Kier molecular flexibility index (Phi) is 8.54. The maximum atomic E-state index is 13.8. The lowest BCUT2D eigenvalue weighted by Crippen LogP contribution is -2.49. The second kappa shape index (κ2) is 11.6. The van der Waals surface area contributed by atoms with Crippen molar-refractivity contribution in [2.45, 2.75) is 49.3 Å². The Hall–Kier alpha value is -2.61. The smallest absolute Gasteiger partial charge is 0.308 e. The zero-order valence-corrected chi connectivity index (χ0v) is 22.3. The van der Waals surface area contributed by atoms with Crippen LogP contribution in [0.2, 0.25) is 0 Å². The summed E-state index contributed by atoms with van der Waals surface area (Å²) in [7, 11) is -3.88. The summed E-state index contributed by atoms with van der Waals surface area (Å²) in [6, 6.07) is 24.5. The van der Waals surface area contributed by atoms with E-state index < -0.39 is 28.0 Å². The second-order valence-corrected chi connectivity index (χ2v) is 12.6. The third-order valence-electron chi connectivity index (χ3n) is 6.91. The van der Waals surface area contributed by atoms with Gasteiger partial charge in [-0.05, 0) is 60.8 Å². The number of aliphatic carboxylic acids is 1. The van der Waals surface area contributed by atoms with Crippen molar-refractivity contribution in [2.75, 3.05) is 12.3 Å². The number of hydrogen-bond acceptors (Lipinski definition) is 4. The van der Waals surface area contributed by atoms with Gasteiger partial charge in [0.15, 0.2) is 0 Å². The first kappa shape index (κ1) is 26.5. The summed E-state index contributed by atoms with van der Waals surface area (Å²) in [6.07, 6.45) is 2.19. The van der Waals surface area contributed by atoms with E-state index in [1.807, 2.05) is 49.4 Å². The lowest BCUT2D eigenvalue weighted by molar-refractivity contribution is -0.143. The summed E-state index contributed by atoms with van der Waals surface area (Å²) in [5.41, 5.74) is 4.26. The quantitative estimate of drug-likeness (QED) is 0.387. The van der Waals surface area contributed by atoms with Crippen LogP contribution in [-0.4, -0.2) is 41.3 Å². The van der Waals surface area contributed by atoms with Crippen molar-refractivity contribution < 1.29 is 18.3 Å². The van der Waals surface area contributed by atoms with Crippen molar-refractivity contribution in [1.82, 2.24) is 4.31 Å². The number of hydrogen-bond donors (Lipinski definition) is 1. The van der Waals surface area contributed by atoms with E-state index in [1.54, 1.807) is 36.0 Å². The van der Waals surface area contributed by atoms with E-state index in [4.69, 9.17) is 0 Å². The van der Waals surface area contributed by atoms with Crippen LogP contribution in [0.25, 0.3) is 0 Å². The van der Waals surface area contributed by atoms with E-state index in [0.717, 1.165) is 29.7 Å². The number of benzene rings is 3. The molecule has 1 fully saturated rings. The fourth-order valence-corrected chi connectivity index (χ4v) is 7.78. The van der Waals surface area contributed by atoms with Crippen LogP contribution in [0.15, 0.2) is 83.8 Å². The molecule has 0 saturated carbocycles. The number of sulfonamides is 1. The molecule has 36 heavy (non-hydrogen) atoms. The fourth-order valence-electron chi connectivity index (χ4n) is 4.72. The highest BCUT2D eigenvalue weighted by molar-refractivity contribution is 7.99. The number of carbonyl (C=O) groups is 1. The average molecular weight is 524 g/mol. The van der Waals surface area contributed by atoms with Crippen molar-refractivity contribution in [3.8, 4) is 0 Å². The molecule has 0 unspecified atom stereocenters. The molecule has 190 valence electrons. The minimum Gasteiger partial charge on any atom is -0.481 e. The van der Waals surface area contributed by atoms with Gasteiger partial charge < -0.3 is 5.11 Å². The van der Waals surface area contributed by atoms with E-state index in [1.165, 1.54) is 15.4 Å². The minimum absolute atomic E-state index is 0.0469. The van der Waals surface area contributed by atoms with E-state index >= 15 is 0 Å². The van der Waals surface area contributed by atoms with Crippen molar-refractivity contribution in [3.05, 3.63) is 101 Å². The van der Waals surface area contributed by atoms with Crippen LogP contribution in [-0.2, 0) is 27.7 Å². The van der Waals surface area contributed by atoms with Crippen LogP contribution in [0.5, 0.6) is 0 Å².